The van der Waals surface area contributed by atoms with Gasteiger partial charge in [-0.3, -0.25) is 0 Å². The maximum Gasteiger partial charge on any atom is 0.335 e. The molecule has 0 spiro atoms. The Hall–Kier alpha value is -0.570. The fourth-order valence-electron chi connectivity index (χ4n) is 1.38. The minimum Gasteiger partial charge on any atom is -0.464 e. The van der Waals surface area contributed by atoms with Crippen LogP contribution in [0.15, 0.2) is 0 Å². The number of rotatable bonds is 2. The topological polar surface area (TPSA) is 35.5 Å². The van der Waals surface area contributed by atoms with Crippen molar-refractivity contribution in [3.63, 3.8) is 0 Å². The van der Waals surface area contributed by atoms with Gasteiger partial charge in [0, 0.05) is 0 Å². The van der Waals surface area contributed by atoms with Crippen molar-refractivity contribution >= 4 is 5.97 Å². The molecule has 0 aliphatic carbocycles. The second-order valence-electron chi connectivity index (χ2n) is 3.66. The summed E-state index contributed by atoms with van der Waals surface area (Å²) < 4.78 is 10.3. The van der Waals surface area contributed by atoms with Crippen LogP contribution >= 0.6 is 0 Å². The molecule has 70 valence electrons. The molecule has 1 heterocycles. The number of carbonyl (C=O) groups excluding carboxylic acids is 1. The van der Waals surface area contributed by atoms with E-state index in [1.807, 2.05) is 13.8 Å². The van der Waals surface area contributed by atoms with E-state index in [1.165, 1.54) is 0 Å². The lowest BCUT2D eigenvalue weighted by Gasteiger charge is -2.17. The van der Waals surface area contributed by atoms with Gasteiger partial charge in [0.2, 0.25) is 0 Å². The largest absolute Gasteiger partial charge is 0.464 e. The van der Waals surface area contributed by atoms with Gasteiger partial charge in [0.15, 0.2) is 6.10 Å². The number of esters is 1. The Bertz CT molecular complexity index is 175. The van der Waals surface area contributed by atoms with Crippen LogP contribution in [0.5, 0.6) is 0 Å². The van der Waals surface area contributed by atoms with E-state index in [4.69, 9.17) is 9.47 Å². The molecular weight excluding hydrogens is 156 g/mol. The lowest BCUT2D eigenvalue weighted by atomic mass is 10.1. The summed E-state index contributed by atoms with van der Waals surface area (Å²) in [7, 11) is 0. The van der Waals surface area contributed by atoms with Gasteiger partial charge in [0.05, 0.1) is 12.2 Å². The molecule has 1 unspecified atom stereocenters. The van der Waals surface area contributed by atoms with Crippen molar-refractivity contribution in [3.05, 3.63) is 0 Å². The molecule has 1 saturated heterocycles. The fraction of sp³-hybridized carbons (Fsp3) is 0.889. The Kier molecular flexibility index (Phi) is 2.73. The van der Waals surface area contributed by atoms with E-state index in [1.54, 1.807) is 6.92 Å². The molecule has 1 atom stereocenters. The van der Waals surface area contributed by atoms with Crippen LogP contribution in [0.25, 0.3) is 0 Å². The predicted octanol–water partition coefficient (Wildman–Crippen LogP) is 1.51. The van der Waals surface area contributed by atoms with Crippen molar-refractivity contribution in [2.75, 3.05) is 6.61 Å². The van der Waals surface area contributed by atoms with E-state index in [-0.39, 0.29) is 17.7 Å². The first-order valence-electron chi connectivity index (χ1n) is 4.39. The van der Waals surface area contributed by atoms with Crippen LogP contribution in [-0.2, 0) is 14.3 Å². The highest BCUT2D eigenvalue weighted by Crippen LogP contribution is 2.29. The summed E-state index contributed by atoms with van der Waals surface area (Å²) in [6.07, 6.45) is 1.38. The first-order chi connectivity index (χ1) is 5.55. The SMILES string of the molecule is CCOC(=O)C1CCC(C)(C)O1. The lowest BCUT2D eigenvalue weighted by Crippen LogP contribution is -2.27. The van der Waals surface area contributed by atoms with E-state index in [0.717, 1.165) is 12.8 Å². The molecule has 1 aliphatic rings. The molecule has 0 aromatic heterocycles. The summed E-state index contributed by atoms with van der Waals surface area (Å²) in [6.45, 7) is 6.22. The minimum absolute atomic E-state index is 0.155. The predicted molar refractivity (Wildman–Crippen MR) is 44.8 cm³/mol. The Morgan fingerprint density at radius 1 is 1.67 bits per heavy atom. The van der Waals surface area contributed by atoms with Gasteiger partial charge >= 0.3 is 5.97 Å². The van der Waals surface area contributed by atoms with Gasteiger partial charge in [0.1, 0.15) is 0 Å². The van der Waals surface area contributed by atoms with Gasteiger partial charge < -0.3 is 9.47 Å². The zero-order valence-corrected chi connectivity index (χ0v) is 7.92. The van der Waals surface area contributed by atoms with Crippen LogP contribution in [-0.4, -0.2) is 24.3 Å². The summed E-state index contributed by atoms with van der Waals surface area (Å²) in [5, 5.41) is 0. The van der Waals surface area contributed by atoms with Crippen LogP contribution in [0.3, 0.4) is 0 Å². The molecule has 1 rings (SSSR count). The maximum atomic E-state index is 11.2. The van der Waals surface area contributed by atoms with Crippen LogP contribution in [0, 0.1) is 0 Å². The van der Waals surface area contributed by atoms with Crippen molar-refractivity contribution < 1.29 is 14.3 Å². The maximum absolute atomic E-state index is 11.2. The molecule has 3 nitrogen and oxygen atoms in total. The molecular formula is C9H16O3. The third-order valence-electron chi connectivity index (χ3n) is 2.02. The van der Waals surface area contributed by atoms with Crippen molar-refractivity contribution in [3.8, 4) is 0 Å². The molecule has 0 N–H and O–H groups in total. The quantitative estimate of drug-likeness (QED) is 0.592. The van der Waals surface area contributed by atoms with Crippen molar-refractivity contribution in [1.29, 1.82) is 0 Å². The first-order valence-corrected chi connectivity index (χ1v) is 4.39. The third kappa shape index (κ3) is 2.21. The Morgan fingerprint density at radius 2 is 2.33 bits per heavy atom. The van der Waals surface area contributed by atoms with Gasteiger partial charge in [-0.1, -0.05) is 0 Å². The molecule has 1 aliphatic heterocycles. The summed E-state index contributed by atoms with van der Waals surface area (Å²) >= 11 is 0. The van der Waals surface area contributed by atoms with Gasteiger partial charge in [-0.05, 0) is 33.6 Å². The molecule has 0 aromatic rings. The Balaban J connectivity index is 2.41. The molecule has 0 bridgehead atoms. The highest BCUT2D eigenvalue weighted by molar-refractivity contribution is 5.75. The molecule has 3 heteroatoms. The molecule has 0 aromatic carbocycles. The Morgan fingerprint density at radius 3 is 2.75 bits per heavy atom. The van der Waals surface area contributed by atoms with E-state index >= 15 is 0 Å². The number of carbonyl (C=O) groups is 1. The highest BCUT2D eigenvalue weighted by Gasteiger charge is 2.36. The van der Waals surface area contributed by atoms with E-state index < -0.39 is 0 Å². The van der Waals surface area contributed by atoms with Crippen molar-refractivity contribution in [2.45, 2.75) is 45.3 Å². The monoisotopic (exact) mass is 172 g/mol. The average molecular weight is 172 g/mol. The zero-order valence-electron chi connectivity index (χ0n) is 7.92. The highest BCUT2D eigenvalue weighted by atomic mass is 16.6. The van der Waals surface area contributed by atoms with Crippen LogP contribution < -0.4 is 0 Å². The van der Waals surface area contributed by atoms with Crippen LogP contribution in [0.2, 0.25) is 0 Å². The summed E-state index contributed by atoms with van der Waals surface area (Å²) in [5.41, 5.74) is -0.155. The van der Waals surface area contributed by atoms with Crippen LogP contribution in [0.1, 0.15) is 33.6 Å². The Labute approximate surface area is 73.0 Å². The van der Waals surface area contributed by atoms with Crippen LogP contribution in [0.4, 0.5) is 0 Å². The normalized spacial score (nSPS) is 27.1. The molecule has 12 heavy (non-hydrogen) atoms. The van der Waals surface area contributed by atoms with Gasteiger partial charge in [-0.15, -0.1) is 0 Å². The van der Waals surface area contributed by atoms with Crippen molar-refractivity contribution in [2.24, 2.45) is 0 Å². The summed E-state index contributed by atoms with van der Waals surface area (Å²) in [5.74, 6) is -0.219. The molecule has 0 radical (unpaired) electrons. The second kappa shape index (κ2) is 3.44. The third-order valence-corrected chi connectivity index (χ3v) is 2.02. The number of hydrogen-bond donors (Lipinski definition) is 0. The lowest BCUT2D eigenvalue weighted by molar-refractivity contribution is -0.158. The summed E-state index contributed by atoms with van der Waals surface area (Å²) in [4.78, 5) is 11.2. The standard InChI is InChI=1S/C9H16O3/c1-4-11-8(10)7-5-6-9(2,3)12-7/h7H,4-6H2,1-3H3. The molecule has 0 amide bonds. The van der Waals surface area contributed by atoms with Gasteiger partial charge in [-0.2, -0.15) is 0 Å². The van der Waals surface area contributed by atoms with E-state index in [0.29, 0.717) is 6.61 Å². The summed E-state index contributed by atoms with van der Waals surface area (Å²) in [6, 6.07) is 0. The van der Waals surface area contributed by atoms with Crippen molar-refractivity contribution in [1.82, 2.24) is 0 Å². The molecule has 1 fully saturated rings. The number of ether oxygens (including phenoxy) is 2. The second-order valence-corrected chi connectivity index (χ2v) is 3.66. The molecule has 0 saturated carbocycles. The zero-order chi connectivity index (χ0) is 9.19. The van der Waals surface area contributed by atoms with Gasteiger partial charge in [0.25, 0.3) is 0 Å². The van der Waals surface area contributed by atoms with E-state index in [9.17, 15) is 4.79 Å². The smallest absolute Gasteiger partial charge is 0.335 e. The van der Waals surface area contributed by atoms with Gasteiger partial charge in [-0.25, -0.2) is 4.79 Å². The first kappa shape index (κ1) is 9.52. The van der Waals surface area contributed by atoms with E-state index in [2.05, 4.69) is 0 Å². The average Bonchev–Trinajstić information content (AvgIpc) is 2.31. The minimum atomic E-state index is -0.333. The fourth-order valence-corrected chi connectivity index (χ4v) is 1.38. The number of hydrogen-bond acceptors (Lipinski definition) is 3.